The number of benzene rings is 2. The van der Waals surface area contributed by atoms with Crippen LogP contribution in [0.15, 0.2) is 54.6 Å². The Morgan fingerprint density at radius 1 is 1.13 bits per heavy atom. The van der Waals surface area contributed by atoms with Gasteiger partial charge in [-0.05, 0) is 50.6 Å². The number of nitrogens with zero attached hydrogens (tertiary/aromatic N) is 3. The van der Waals surface area contributed by atoms with Gasteiger partial charge in [-0.15, -0.1) is 0 Å². The third-order valence-corrected chi connectivity index (χ3v) is 5.01. The third-order valence-electron chi connectivity index (χ3n) is 5.01. The maximum atomic E-state index is 13.8. The molecule has 0 aliphatic heterocycles. The molecule has 1 N–H and O–H groups in total. The quantitative estimate of drug-likeness (QED) is 0.505. The molecule has 0 aliphatic carbocycles. The van der Waals surface area contributed by atoms with Crippen molar-refractivity contribution in [2.45, 2.75) is 46.3 Å². The molecule has 0 saturated heterocycles. The molecule has 0 amide bonds. The van der Waals surface area contributed by atoms with E-state index in [0.29, 0.717) is 31.1 Å². The van der Waals surface area contributed by atoms with Crippen molar-refractivity contribution < 1.29 is 14.2 Å². The number of aromatic nitrogens is 2. The van der Waals surface area contributed by atoms with E-state index in [9.17, 15) is 9.50 Å². The fourth-order valence-corrected chi connectivity index (χ4v) is 3.41. The average molecular weight is 412 g/mol. The Hall–Kier alpha value is -2.70. The Kier molecular flexibility index (Phi) is 7.60. The van der Waals surface area contributed by atoms with E-state index in [0.717, 1.165) is 29.9 Å². The number of halogens is 1. The molecule has 3 aromatic rings. The smallest absolute Gasteiger partial charge is 0.227 e. The molecule has 0 aliphatic rings. The monoisotopic (exact) mass is 411 g/mol. The maximum absolute atomic E-state index is 13.8. The van der Waals surface area contributed by atoms with E-state index in [-0.39, 0.29) is 11.9 Å². The predicted molar refractivity (Wildman–Crippen MR) is 117 cm³/mol. The molecule has 1 unspecified atom stereocenters. The zero-order chi connectivity index (χ0) is 21.5. The van der Waals surface area contributed by atoms with Gasteiger partial charge >= 0.3 is 0 Å². The van der Waals surface area contributed by atoms with Crippen LogP contribution in [0, 0.1) is 12.7 Å². The van der Waals surface area contributed by atoms with E-state index >= 15 is 0 Å². The standard InChI is InChI=1S/C24H30FN3O2/c1-4-14-27(16-21(29)5-2)17-23-18(3)26-28(20-11-7-6-8-12-20)24(23)30-22-13-9-10-19(25)15-22/h6-13,15,21,29H,4-5,14,16-17H2,1-3H3. The van der Waals surface area contributed by atoms with Crippen LogP contribution in [0.3, 0.4) is 0 Å². The van der Waals surface area contributed by atoms with Gasteiger partial charge in [0.2, 0.25) is 5.88 Å². The lowest BCUT2D eigenvalue weighted by atomic mass is 10.2. The number of aliphatic hydroxyl groups is 1. The number of hydrogen-bond acceptors (Lipinski definition) is 4. The number of ether oxygens (including phenoxy) is 1. The summed E-state index contributed by atoms with van der Waals surface area (Å²) in [5.74, 6) is 0.635. The van der Waals surface area contributed by atoms with E-state index in [1.165, 1.54) is 12.1 Å². The Bertz CT molecular complexity index is 943. The van der Waals surface area contributed by atoms with Gasteiger partial charge in [-0.25, -0.2) is 9.07 Å². The first-order valence-corrected chi connectivity index (χ1v) is 10.5. The predicted octanol–water partition coefficient (Wildman–Crippen LogP) is 5.10. The van der Waals surface area contributed by atoms with Crippen LogP contribution in [0.1, 0.15) is 37.9 Å². The highest BCUT2D eigenvalue weighted by Gasteiger charge is 2.22. The largest absolute Gasteiger partial charge is 0.438 e. The van der Waals surface area contributed by atoms with Gasteiger partial charge in [0.05, 0.1) is 23.0 Å². The topological polar surface area (TPSA) is 50.5 Å². The highest BCUT2D eigenvalue weighted by molar-refractivity contribution is 5.43. The van der Waals surface area contributed by atoms with Crippen molar-refractivity contribution in [2.75, 3.05) is 13.1 Å². The average Bonchev–Trinajstić information content (AvgIpc) is 3.04. The van der Waals surface area contributed by atoms with Gasteiger partial charge in [0.1, 0.15) is 11.6 Å². The first-order chi connectivity index (χ1) is 14.5. The van der Waals surface area contributed by atoms with Crippen molar-refractivity contribution in [1.82, 2.24) is 14.7 Å². The lowest BCUT2D eigenvalue weighted by Crippen LogP contribution is -2.32. The first kappa shape index (κ1) is 22.0. The van der Waals surface area contributed by atoms with Gasteiger partial charge in [-0.1, -0.05) is 38.1 Å². The lowest BCUT2D eigenvalue weighted by Gasteiger charge is -2.24. The number of hydrogen-bond donors (Lipinski definition) is 1. The summed E-state index contributed by atoms with van der Waals surface area (Å²) in [6, 6.07) is 15.9. The molecule has 0 saturated carbocycles. The van der Waals surface area contributed by atoms with Gasteiger partial charge in [0, 0.05) is 19.2 Å². The van der Waals surface area contributed by atoms with E-state index < -0.39 is 0 Å². The third kappa shape index (κ3) is 5.46. The Morgan fingerprint density at radius 3 is 2.57 bits per heavy atom. The Labute approximate surface area is 177 Å². The van der Waals surface area contributed by atoms with Crippen LogP contribution in [-0.2, 0) is 6.54 Å². The molecule has 5 nitrogen and oxygen atoms in total. The molecule has 1 aromatic heterocycles. The summed E-state index contributed by atoms with van der Waals surface area (Å²) in [6.07, 6.45) is 1.30. The highest BCUT2D eigenvalue weighted by Crippen LogP contribution is 2.32. The van der Waals surface area contributed by atoms with Gasteiger partial charge in [-0.3, -0.25) is 4.90 Å². The van der Waals surface area contributed by atoms with Gasteiger partial charge in [-0.2, -0.15) is 5.10 Å². The van der Waals surface area contributed by atoms with Crippen LogP contribution in [-0.4, -0.2) is 39.0 Å². The van der Waals surface area contributed by atoms with Crippen LogP contribution in [0.4, 0.5) is 4.39 Å². The number of aliphatic hydroxyl groups excluding tert-OH is 1. The molecule has 0 fully saturated rings. The summed E-state index contributed by atoms with van der Waals surface area (Å²) in [4.78, 5) is 2.21. The molecule has 6 heteroatoms. The molecule has 30 heavy (non-hydrogen) atoms. The van der Waals surface area contributed by atoms with Gasteiger partial charge in [0.25, 0.3) is 0 Å². The summed E-state index contributed by atoms with van der Waals surface area (Å²) in [6.45, 7) is 8.08. The zero-order valence-corrected chi connectivity index (χ0v) is 17.9. The van der Waals surface area contributed by atoms with Crippen molar-refractivity contribution in [3.8, 4) is 17.3 Å². The van der Waals surface area contributed by atoms with Crippen LogP contribution in [0.25, 0.3) is 5.69 Å². The van der Waals surface area contributed by atoms with Crippen molar-refractivity contribution in [2.24, 2.45) is 0 Å². The van der Waals surface area contributed by atoms with Crippen LogP contribution < -0.4 is 4.74 Å². The summed E-state index contributed by atoms with van der Waals surface area (Å²) >= 11 is 0. The fourth-order valence-electron chi connectivity index (χ4n) is 3.41. The molecule has 160 valence electrons. The number of rotatable bonds is 10. The highest BCUT2D eigenvalue weighted by atomic mass is 19.1. The van der Waals surface area contributed by atoms with Gasteiger partial charge < -0.3 is 9.84 Å². The van der Waals surface area contributed by atoms with E-state index in [1.54, 1.807) is 16.8 Å². The van der Waals surface area contributed by atoms with Crippen molar-refractivity contribution in [1.29, 1.82) is 0 Å². The number of para-hydroxylation sites is 1. The second-order valence-electron chi connectivity index (χ2n) is 7.47. The van der Waals surface area contributed by atoms with Crippen LogP contribution >= 0.6 is 0 Å². The molecular weight excluding hydrogens is 381 g/mol. The molecule has 3 rings (SSSR count). The summed E-state index contributed by atoms with van der Waals surface area (Å²) in [5.41, 5.74) is 2.64. The van der Waals surface area contributed by atoms with Gasteiger partial charge in [0.15, 0.2) is 0 Å². The SMILES string of the molecule is CCCN(Cc1c(C)nn(-c2ccccc2)c1Oc1cccc(F)c1)CC(O)CC. The fraction of sp³-hybridized carbons (Fsp3) is 0.375. The van der Waals surface area contributed by atoms with E-state index in [4.69, 9.17) is 9.84 Å². The number of aryl methyl sites for hydroxylation is 1. The summed E-state index contributed by atoms with van der Waals surface area (Å²) in [5, 5.41) is 14.9. The second kappa shape index (κ2) is 10.4. The minimum atomic E-state index is -0.381. The van der Waals surface area contributed by atoms with E-state index in [1.807, 2.05) is 44.2 Å². The molecule has 0 bridgehead atoms. The Balaban J connectivity index is 2.01. The van der Waals surface area contributed by atoms with Crippen molar-refractivity contribution in [3.05, 3.63) is 71.7 Å². The normalized spacial score (nSPS) is 12.3. The molecule has 1 atom stereocenters. The van der Waals surface area contributed by atoms with Crippen molar-refractivity contribution in [3.63, 3.8) is 0 Å². The van der Waals surface area contributed by atoms with Crippen LogP contribution in [0.2, 0.25) is 0 Å². The summed E-state index contributed by atoms with van der Waals surface area (Å²) < 4.78 is 21.7. The molecule has 0 spiro atoms. The Morgan fingerprint density at radius 2 is 1.90 bits per heavy atom. The molecule has 0 radical (unpaired) electrons. The first-order valence-electron chi connectivity index (χ1n) is 10.5. The molecule has 1 heterocycles. The maximum Gasteiger partial charge on any atom is 0.227 e. The second-order valence-corrected chi connectivity index (χ2v) is 7.47. The molecular formula is C24H30FN3O2. The minimum Gasteiger partial charge on any atom is -0.438 e. The van der Waals surface area contributed by atoms with Crippen LogP contribution in [0.5, 0.6) is 11.6 Å². The van der Waals surface area contributed by atoms with Crippen molar-refractivity contribution >= 4 is 0 Å². The zero-order valence-electron chi connectivity index (χ0n) is 17.9. The lowest BCUT2D eigenvalue weighted by molar-refractivity contribution is 0.105. The minimum absolute atomic E-state index is 0.352. The molecule has 2 aromatic carbocycles. The summed E-state index contributed by atoms with van der Waals surface area (Å²) in [7, 11) is 0. The van der Waals surface area contributed by atoms with E-state index in [2.05, 4.69) is 11.8 Å².